The lowest BCUT2D eigenvalue weighted by molar-refractivity contribution is 0.0897. The van der Waals surface area contributed by atoms with E-state index in [1.807, 2.05) is 12.1 Å². The molecule has 0 amide bonds. The van der Waals surface area contributed by atoms with Crippen LogP contribution in [-0.4, -0.2) is 41.5 Å². The van der Waals surface area contributed by atoms with Crippen molar-refractivity contribution in [2.75, 3.05) is 19.7 Å². The third-order valence-electron chi connectivity index (χ3n) is 4.01. The Bertz CT molecular complexity index is 448. The lowest BCUT2D eigenvalue weighted by atomic mass is 9.98. The van der Waals surface area contributed by atoms with Crippen molar-refractivity contribution in [3.63, 3.8) is 0 Å². The van der Waals surface area contributed by atoms with E-state index in [0.29, 0.717) is 23.0 Å². The van der Waals surface area contributed by atoms with Crippen LogP contribution in [0.15, 0.2) is 24.3 Å². The first-order valence-corrected chi connectivity index (χ1v) is 7.73. The number of carbonyl (C=O) groups is 1. The zero-order valence-electron chi connectivity index (χ0n) is 11.7. The van der Waals surface area contributed by atoms with Crippen LogP contribution in [0, 0.1) is 0 Å². The van der Waals surface area contributed by atoms with Gasteiger partial charge in [-0.25, -0.2) is 0 Å². The van der Waals surface area contributed by atoms with Gasteiger partial charge in [-0.2, -0.15) is 0 Å². The summed E-state index contributed by atoms with van der Waals surface area (Å²) < 4.78 is 0. The highest BCUT2D eigenvalue weighted by Crippen LogP contribution is 2.21. The summed E-state index contributed by atoms with van der Waals surface area (Å²) in [5, 5.41) is 9.65. The van der Waals surface area contributed by atoms with Gasteiger partial charge in [0.2, 0.25) is 0 Å². The number of ketones is 1. The van der Waals surface area contributed by atoms with Gasteiger partial charge in [0.05, 0.1) is 5.02 Å². The number of likely N-dealkylation sites (tertiary alicyclic amines) is 1. The number of aliphatic hydroxyl groups excluding tert-OH is 1. The van der Waals surface area contributed by atoms with Gasteiger partial charge >= 0.3 is 0 Å². The summed E-state index contributed by atoms with van der Waals surface area (Å²) >= 11 is 6.05. The maximum Gasteiger partial charge on any atom is 0.165 e. The molecule has 110 valence electrons. The molecule has 1 fully saturated rings. The van der Waals surface area contributed by atoms with Crippen molar-refractivity contribution in [3.05, 3.63) is 34.9 Å². The Hall–Kier alpha value is -0.900. The van der Waals surface area contributed by atoms with E-state index in [4.69, 9.17) is 16.7 Å². The molecule has 3 nitrogen and oxygen atoms in total. The number of carbonyl (C=O) groups excluding carboxylic acids is 1. The van der Waals surface area contributed by atoms with Crippen molar-refractivity contribution in [1.29, 1.82) is 0 Å². The van der Waals surface area contributed by atoms with Gasteiger partial charge in [0.25, 0.3) is 0 Å². The number of hydrogen-bond donors (Lipinski definition) is 1. The van der Waals surface area contributed by atoms with Crippen LogP contribution in [0.25, 0.3) is 0 Å². The Morgan fingerprint density at radius 3 is 2.90 bits per heavy atom. The molecular weight excluding hydrogens is 274 g/mol. The third kappa shape index (κ3) is 4.05. The van der Waals surface area contributed by atoms with Gasteiger partial charge in [-0.1, -0.05) is 30.2 Å². The fraction of sp³-hybridized carbons (Fsp3) is 0.562. The largest absolute Gasteiger partial charge is 0.396 e. The van der Waals surface area contributed by atoms with E-state index < -0.39 is 0 Å². The average molecular weight is 296 g/mol. The highest BCUT2D eigenvalue weighted by molar-refractivity contribution is 6.33. The summed E-state index contributed by atoms with van der Waals surface area (Å²) in [4.78, 5) is 14.6. The maximum absolute atomic E-state index is 12.2. The van der Waals surface area contributed by atoms with E-state index in [1.54, 1.807) is 12.1 Å². The molecule has 0 bridgehead atoms. The molecule has 0 aromatic heterocycles. The molecule has 0 spiro atoms. The van der Waals surface area contributed by atoms with Gasteiger partial charge in [-0.05, 0) is 37.9 Å². The minimum Gasteiger partial charge on any atom is -0.396 e. The number of Topliss-reactive ketones (excluding diaryl/α,β-unsaturated/α-hetero) is 1. The van der Waals surface area contributed by atoms with Gasteiger partial charge < -0.3 is 5.11 Å². The molecule has 1 aliphatic rings. The van der Waals surface area contributed by atoms with Gasteiger partial charge in [0.15, 0.2) is 5.78 Å². The van der Waals surface area contributed by atoms with Gasteiger partial charge in [-0.3, -0.25) is 9.69 Å². The van der Waals surface area contributed by atoms with Crippen molar-refractivity contribution < 1.29 is 9.90 Å². The molecule has 1 aliphatic heterocycles. The SMILES string of the molecule is O=C(CCN1CCCCC1CCO)c1ccccc1Cl. The molecule has 1 N–H and O–H groups in total. The summed E-state index contributed by atoms with van der Waals surface area (Å²) in [6.07, 6.45) is 4.83. The summed E-state index contributed by atoms with van der Waals surface area (Å²) in [5.41, 5.74) is 0.616. The van der Waals surface area contributed by atoms with E-state index in [0.717, 1.165) is 25.9 Å². The molecular formula is C16H22ClNO2. The first-order chi connectivity index (χ1) is 9.72. The first kappa shape index (κ1) is 15.5. The standard InChI is InChI=1S/C16H22ClNO2/c17-15-7-2-1-6-14(15)16(20)8-11-18-10-4-3-5-13(18)9-12-19/h1-2,6-7,13,19H,3-5,8-12H2. The fourth-order valence-corrected chi connectivity index (χ4v) is 3.14. The van der Waals surface area contributed by atoms with Gasteiger partial charge in [-0.15, -0.1) is 0 Å². The van der Waals surface area contributed by atoms with Crippen LogP contribution in [0.1, 0.15) is 42.5 Å². The smallest absolute Gasteiger partial charge is 0.165 e. The zero-order chi connectivity index (χ0) is 14.4. The molecule has 1 aromatic carbocycles. The van der Waals surface area contributed by atoms with Crippen molar-refractivity contribution in [1.82, 2.24) is 4.90 Å². The van der Waals surface area contributed by atoms with Gasteiger partial charge in [0, 0.05) is 31.2 Å². The van der Waals surface area contributed by atoms with Gasteiger partial charge in [0.1, 0.15) is 0 Å². The molecule has 2 rings (SSSR count). The van der Waals surface area contributed by atoms with Crippen molar-refractivity contribution in [2.45, 2.75) is 38.1 Å². The lowest BCUT2D eigenvalue weighted by Crippen LogP contribution is -2.41. The fourth-order valence-electron chi connectivity index (χ4n) is 2.90. The highest BCUT2D eigenvalue weighted by Gasteiger charge is 2.22. The number of aliphatic hydroxyl groups is 1. The summed E-state index contributed by atoms with van der Waals surface area (Å²) in [6, 6.07) is 7.64. The Balaban J connectivity index is 1.90. The van der Waals surface area contributed by atoms with Crippen LogP contribution in [0.3, 0.4) is 0 Å². The molecule has 1 heterocycles. The summed E-state index contributed by atoms with van der Waals surface area (Å²) in [5.74, 6) is 0.101. The number of halogens is 1. The van der Waals surface area contributed by atoms with Crippen molar-refractivity contribution in [2.24, 2.45) is 0 Å². The van der Waals surface area contributed by atoms with Crippen LogP contribution < -0.4 is 0 Å². The second kappa shape index (κ2) is 7.77. The Kier molecular flexibility index (Phi) is 6.02. The number of piperidine rings is 1. The van der Waals surface area contributed by atoms with Crippen LogP contribution in [0.5, 0.6) is 0 Å². The maximum atomic E-state index is 12.2. The Labute approximate surface area is 125 Å². The molecule has 20 heavy (non-hydrogen) atoms. The van der Waals surface area contributed by atoms with Crippen LogP contribution in [0.4, 0.5) is 0 Å². The molecule has 0 saturated carbocycles. The van der Waals surface area contributed by atoms with E-state index >= 15 is 0 Å². The quantitative estimate of drug-likeness (QED) is 0.820. The number of benzene rings is 1. The molecule has 0 radical (unpaired) electrons. The average Bonchev–Trinajstić information content (AvgIpc) is 2.47. The third-order valence-corrected chi connectivity index (χ3v) is 4.34. The summed E-state index contributed by atoms with van der Waals surface area (Å²) in [6.45, 7) is 2.01. The molecule has 1 aromatic rings. The highest BCUT2D eigenvalue weighted by atomic mass is 35.5. The van der Waals surface area contributed by atoms with Crippen LogP contribution in [-0.2, 0) is 0 Å². The Morgan fingerprint density at radius 1 is 1.35 bits per heavy atom. The van der Waals surface area contributed by atoms with Crippen molar-refractivity contribution >= 4 is 17.4 Å². The minimum absolute atomic E-state index is 0.101. The minimum atomic E-state index is 0.101. The topological polar surface area (TPSA) is 40.5 Å². The molecule has 1 saturated heterocycles. The monoisotopic (exact) mass is 295 g/mol. The predicted molar refractivity (Wildman–Crippen MR) is 81.3 cm³/mol. The Morgan fingerprint density at radius 2 is 2.15 bits per heavy atom. The molecule has 1 atom stereocenters. The normalized spacial score (nSPS) is 20.0. The number of nitrogens with zero attached hydrogens (tertiary/aromatic N) is 1. The van der Waals surface area contributed by atoms with Crippen LogP contribution >= 0.6 is 11.6 Å². The zero-order valence-corrected chi connectivity index (χ0v) is 12.5. The predicted octanol–water partition coefficient (Wildman–Crippen LogP) is 3.15. The number of hydrogen-bond acceptors (Lipinski definition) is 3. The van der Waals surface area contributed by atoms with Crippen molar-refractivity contribution in [3.8, 4) is 0 Å². The molecule has 0 aliphatic carbocycles. The van der Waals surface area contributed by atoms with Crippen LogP contribution in [0.2, 0.25) is 5.02 Å². The van der Waals surface area contributed by atoms with E-state index in [9.17, 15) is 4.79 Å². The summed E-state index contributed by atoms with van der Waals surface area (Å²) in [7, 11) is 0. The molecule has 1 unspecified atom stereocenters. The van der Waals surface area contributed by atoms with E-state index in [-0.39, 0.29) is 12.4 Å². The number of rotatable bonds is 6. The second-order valence-electron chi connectivity index (χ2n) is 5.35. The molecule has 4 heteroatoms. The van der Waals surface area contributed by atoms with E-state index in [2.05, 4.69) is 4.90 Å². The first-order valence-electron chi connectivity index (χ1n) is 7.35. The second-order valence-corrected chi connectivity index (χ2v) is 5.76. The lowest BCUT2D eigenvalue weighted by Gasteiger charge is -2.35. The van der Waals surface area contributed by atoms with E-state index in [1.165, 1.54) is 12.8 Å².